The van der Waals surface area contributed by atoms with Gasteiger partial charge in [0.1, 0.15) is 0 Å². The molecular weight excluding hydrogens is 318 g/mol. The molecule has 6 heteroatoms. The monoisotopic (exact) mass is 347 g/mol. The largest absolute Gasteiger partial charge is 0.450 e. The molecule has 0 atom stereocenters. The maximum Gasteiger partial charge on any atom is 0.409 e. The normalized spacial score (nSPS) is 14.7. The van der Waals surface area contributed by atoms with Crippen LogP contribution in [0.2, 0.25) is 0 Å². The molecule has 0 aliphatic carbocycles. The minimum atomic E-state index is -0.296. The van der Waals surface area contributed by atoms with Gasteiger partial charge in [-0.15, -0.1) is 0 Å². The van der Waals surface area contributed by atoms with Gasteiger partial charge in [0.05, 0.1) is 6.61 Å². The van der Waals surface area contributed by atoms with Crippen molar-refractivity contribution in [2.24, 2.45) is 0 Å². The lowest BCUT2D eigenvalue weighted by Crippen LogP contribution is -2.50. The van der Waals surface area contributed by atoms with Crippen molar-refractivity contribution in [2.75, 3.05) is 45.9 Å². The Hall–Kier alpha value is -2.08. The van der Waals surface area contributed by atoms with E-state index in [-0.39, 0.29) is 12.0 Å². The minimum Gasteiger partial charge on any atom is -0.450 e. The standard InChI is InChI=1S/C19H29N3O3/c1-4-20(5-2)15-16-7-9-17(10-8-16)18(23)21-11-13-22(14-12-21)19(24)25-6-3/h7-10H,4-6,11-15H2,1-3H3. The summed E-state index contributed by atoms with van der Waals surface area (Å²) in [6, 6.07) is 7.86. The van der Waals surface area contributed by atoms with Gasteiger partial charge in [-0.1, -0.05) is 26.0 Å². The first-order valence-corrected chi connectivity index (χ1v) is 9.11. The van der Waals surface area contributed by atoms with E-state index in [1.807, 2.05) is 24.3 Å². The summed E-state index contributed by atoms with van der Waals surface area (Å²) < 4.78 is 5.00. The van der Waals surface area contributed by atoms with Crippen molar-refractivity contribution in [3.05, 3.63) is 35.4 Å². The van der Waals surface area contributed by atoms with E-state index in [1.54, 1.807) is 16.7 Å². The molecule has 1 aromatic rings. The first-order valence-electron chi connectivity index (χ1n) is 9.11. The highest BCUT2D eigenvalue weighted by atomic mass is 16.6. The van der Waals surface area contributed by atoms with Crippen molar-refractivity contribution in [1.82, 2.24) is 14.7 Å². The molecule has 1 aliphatic rings. The van der Waals surface area contributed by atoms with Gasteiger partial charge in [-0.05, 0) is 37.7 Å². The second-order valence-corrected chi connectivity index (χ2v) is 6.14. The summed E-state index contributed by atoms with van der Waals surface area (Å²) >= 11 is 0. The van der Waals surface area contributed by atoms with Gasteiger partial charge < -0.3 is 14.5 Å². The Bertz CT molecular complexity index is 562. The van der Waals surface area contributed by atoms with Crippen LogP contribution < -0.4 is 0 Å². The molecule has 1 aromatic carbocycles. The molecule has 138 valence electrons. The van der Waals surface area contributed by atoms with Crippen molar-refractivity contribution in [3.8, 4) is 0 Å². The first-order chi connectivity index (χ1) is 12.1. The Morgan fingerprint density at radius 1 is 0.960 bits per heavy atom. The molecule has 25 heavy (non-hydrogen) atoms. The quantitative estimate of drug-likeness (QED) is 0.793. The zero-order valence-corrected chi connectivity index (χ0v) is 15.5. The summed E-state index contributed by atoms with van der Waals surface area (Å²) in [5, 5.41) is 0. The third kappa shape index (κ3) is 5.19. The molecule has 2 rings (SSSR count). The van der Waals surface area contributed by atoms with Crippen molar-refractivity contribution in [3.63, 3.8) is 0 Å². The van der Waals surface area contributed by atoms with Crippen LogP contribution >= 0.6 is 0 Å². The van der Waals surface area contributed by atoms with Gasteiger partial charge in [-0.2, -0.15) is 0 Å². The fraction of sp³-hybridized carbons (Fsp3) is 0.579. The summed E-state index contributed by atoms with van der Waals surface area (Å²) in [7, 11) is 0. The zero-order valence-electron chi connectivity index (χ0n) is 15.5. The predicted octanol–water partition coefficient (Wildman–Crippen LogP) is 2.44. The molecule has 1 fully saturated rings. The molecule has 0 radical (unpaired) electrons. The smallest absolute Gasteiger partial charge is 0.409 e. The maximum atomic E-state index is 12.6. The van der Waals surface area contributed by atoms with Crippen LogP contribution in [0.5, 0.6) is 0 Å². The number of carbonyl (C=O) groups excluding carboxylic acids is 2. The van der Waals surface area contributed by atoms with Crippen molar-refractivity contribution in [1.29, 1.82) is 0 Å². The Morgan fingerprint density at radius 3 is 2.04 bits per heavy atom. The van der Waals surface area contributed by atoms with Gasteiger partial charge in [0.25, 0.3) is 5.91 Å². The number of amides is 2. The van der Waals surface area contributed by atoms with E-state index in [4.69, 9.17) is 4.74 Å². The number of nitrogens with zero attached hydrogens (tertiary/aromatic N) is 3. The number of rotatable bonds is 6. The lowest BCUT2D eigenvalue weighted by Gasteiger charge is -2.34. The number of benzene rings is 1. The molecule has 0 bridgehead atoms. The van der Waals surface area contributed by atoms with Gasteiger partial charge in [0.15, 0.2) is 0 Å². The fourth-order valence-corrected chi connectivity index (χ4v) is 2.95. The van der Waals surface area contributed by atoms with Crippen LogP contribution in [-0.4, -0.2) is 72.6 Å². The van der Waals surface area contributed by atoms with Crippen LogP contribution in [0.15, 0.2) is 24.3 Å². The number of carbonyl (C=O) groups is 2. The van der Waals surface area contributed by atoms with Gasteiger partial charge in [0, 0.05) is 38.3 Å². The zero-order chi connectivity index (χ0) is 18.2. The lowest BCUT2D eigenvalue weighted by atomic mass is 10.1. The summed E-state index contributed by atoms with van der Waals surface area (Å²) in [6.45, 7) is 11.5. The Balaban J connectivity index is 1.90. The van der Waals surface area contributed by atoms with E-state index in [0.717, 1.165) is 19.6 Å². The topological polar surface area (TPSA) is 53.1 Å². The fourth-order valence-electron chi connectivity index (χ4n) is 2.95. The lowest BCUT2D eigenvalue weighted by molar-refractivity contribution is 0.0570. The molecular formula is C19H29N3O3. The summed E-state index contributed by atoms with van der Waals surface area (Å²) in [6.07, 6.45) is -0.296. The average Bonchev–Trinajstić information content (AvgIpc) is 2.66. The van der Waals surface area contributed by atoms with Crippen LogP contribution in [0.4, 0.5) is 4.79 Å². The molecule has 0 N–H and O–H groups in total. The molecule has 2 amide bonds. The summed E-state index contributed by atoms with van der Waals surface area (Å²) in [4.78, 5) is 30.1. The van der Waals surface area contributed by atoms with E-state index < -0.39 is 0 Å². The third-order valence-corrected chi connectivity index (χ3v) is 4.59. The molecule has 1 heterocycles. The highest BCUT2D eigenvalue weighted by molar-refractivity contribution is 5.94. The van der Waals surface area contributed by atoms with Crippen molar-refractivity contribution in [2.45, 2.75) is 27.3 Å². The SMILES string of the molecule is CCOC(=O)N1CCN(C(=O)c2ccc(CN(CC)CC)cc2)CC1. The molecule has 0 spiro atoms. The van der Waals surface area contributed by atoms with E-state index in [2.05, 4.69) is 18.7 Å². The van der Waals surface area contributed by atoms with Crippen LogP contribution in [0.1, 0.15) is 36.7 Å². The summed E-state index contributed by atoms with van der Waals surface area (Å²) in [5.41, 5.74) is 1.92. The average molecular weight is 347 g/mol. The van der Waals surface area contributed by atoms with Gasteiger partial charge in [-0.3, -0.25) is 9.69 Å². The minimum absolute atomic E-state index is 0.0258. The van der Waals surface area contributed by atoms with Gasteiger partial charge in [0.2, 0.25) is 0 Å². The second kappa shape index (κ2) is 9.42. The van der Waals surface area contributed by atoms with Crippen LogP contribution in [0.25, 0.3) is 0 Å². The highest BCUT2D eigenvalue weighted by Gasteiger charge is 2.25. The Labute approximate surface area is 150 Å². The predicted molar refractivity (Wildman–Crippen MR) is 97.6 cm³/mol. The number of hydrogen-bond donors (Lipinski definition) is 0. The Kier molecular flexibility index (Phi) is 7.25. The molecule has 0 unspecified atom stereocenters. The van der Waals surface area contributed by atoms with Crippen molar-refractivity contribution < 1.29 is 14.3 Å². The van der Waals surface area contributed by atoms with E-state index in [0.29, 0.717) is 38.3 Å². The van der Waals surface area contributed by atoms with E-state index in [1.165, 1.54) is 5.56 Å². The third-order valence-electron chi connectivity index (χ3n) is 4.59. The summed E-state index contributed by atoms with van der Waals surface area (Å²) in [5.74, 6) is 0.0258. The van der Waals surface area contributed by atoms with E-state index in [9.17, 15) is 9.59 Å². The first kappa shape index (κ1) is 19.2. The highest BCUT2D eigenvalue weighted by Crippen LogP contribution is 2.12. The van der Waals surface area contributed by atoms with E-state index >= 15 is 0 Å². The molecule has 1 aliphatic heterocycles. The number of ether oxygens (including phenoxy) is 1. The van der Waals surface area contributed by atoms with Crippen LogP contribution in [-0.2, 0) is 11.3 Å². The second-order valence-electron chi connectivity index (χ2n) is 6.14. The van der Waals surface area contributed by atoms with Crippen molar-refractivity contribution >= 4 is 12.0 Å². The van der Waals surface area contributed by atoms with Crippen LogP contribution in [0.3, 0.4) is 0 Å². The molecule has 6 nitrogen and oxygen atoms in total. The number of hydrogen-bond acceptors (Lipinski definition) is 4. The number of piperazine rings is 1. The Morgan fingerprint density at radius 2 is 1.52 bits per heavy atom. The van der Waals surface area contributed by atoms with Gasteiger partial charge in [-0.25, -0.2) is 4.79 Å². The molecule has 1 saturated heterocycles. The maximum absolute atomic E-state index is 12.6. The molecule has 0 aromatic heterocycles. The van der Waals surface area contributed by atoms with Gasteiger partial charge >= 0.3 is 6.09 Å². The van der Waals surface area contributed by atoms with Crippen LogP contribution in [0, 0.1) is 0 Å². The molecule has 0 saturated carbocycles.